The van der Waals surface area contributed by atoms with Gasteiger partial charge in [0.2, 0.25) is 0 Å². The van der Waals surface area contributed by atoms with Crippen LogP contribution in [0, 0.1) is 0 Å². The van der Waals surface area contributed by atoms with E-state index in [0.29, 0.717) is 17.1 Å². The number of nitrogens with zero attached hydrogens (tertiary/aromatic N) is 1. The fourth-order valence-electron chi connectivity index (χ4n) is 1.61. The Morgan fingerprint density at radius 3 is 3.06 bits per heavy atom. The zero-order valence-electron chi connectivity index (χ0n) is 9.19. The number of anilines is 2. The number of rotatable bonds is 1. The van der Waals surface area contributed by atoms with Crippen LogP contribution in [0.3, 0.4) is 0 Å². The van der Waals surface area contributed by atoms with Gasteiger partial charge in [0.25, 0.3) is 5.91 Å². The van der Waals surface area contributed by atoms with Crippen molar-refractivity contribution in [3.8, 4) is 5.75 Å². The van der Waals surface area contributed by atoms with Crippen molar-refractivity contribution >= 4 is 34.6 Å². The van der Waals surface area contributed by atoms with Gasteiger partial charge in [-0.15, -0.1) is 0 Å². The molecular formula is C10H12N4O2S. The largest absolute Gasteiger partial charge is 0.481 e. The molecule has 7 heteroatoms. The number of carbonyl (C=O) groups is 1. The Labute approximate surface area is 104 Å². The summed E-state index contributed by atoms with van der Waals surface area (Å²) in [7, 11) is 1.69. The number of thiocarbonyl (C=S) groups is 1. The zero-order chi connectivity index (χ0) is 12.4. The maximum absolute atomic E-state index is 11.6. The fraction of sp³-hybridized carbons (Fsp3) is 0.200. The van der Waals surface area contributed by atoms with Crippen LogP contribution >= 0.6 is 12.2 Å². The van der Waals surface area contributed by atoms with E-state index in [1.807, 2.05) is 6.07 Å². The molecule has 0 fully saturated rings. The van der Waals surface area contributed by atoms with Crippen molar-refractivity contribution in [3.63, 3.8) is 0 Å². The first-order valence-electron chi connectivity index (χ1n) is 4.93. The number of nitrogens with one attached hydrogen (secondary N) is 2. The average molecular weight is 252 g/mol. The van der Waals surface area contributed by atoms with Crippen molar-refractivity contribution in [1.29, 1.82) is 0 Å². The van der Waals surface area contributed by atoms with Gasteiger partial charge in [-0.1, -0.05) is 6.07 Å². The summed E-state index contributed by atoms with van der Waals surface area (Å²) < 4.78 is 5.34. The summed E-state index contributed by atoms with van der Waals surface area (Å²) in [5.74, 6) is 5.72. The lowest BCUT2D eigenvalue weighted by Gasteiger charge is -2.28. The first kappa shape index (κ1) is 11.6. The second-order valence-corrected chi connectivity index (χ2v) is 3.90. The molecule has 1 aromatic carbocycles. The lowest BCUT2D eigenvalue weighted by molar-refractivity contribution is -0.120. The van der Waals surface area contributed by atoms with Gasteiger partial charge >= 0.3 is 0 Å². The molecule has 1 aliphatic rings. The second-order valence-electron chi connectivity index (χ2n) is 3.49. The van der Waals surface area contributed by atoms with Crippen LogP contribution in [-0.4, -0.2) is 24.7 Å². The van der Waals surface area contributed by atoms with Crippen LogP contribution in [0.1, 0.15) is 0 Å². The summed E-state index contributed by atoms with van der Waals surface area (Å²) in [6.45, 7) is 0.0482. The first-order chi connectivity index (χ1) is 8.13. The molecule has 2 rings (SSSR count). The normalized spacial score (nSPS) is 13.8. The topological polar surface area (TPSA) is 79.6 Å². The van der Waals surface area contributed by atoms with Crippen molar-refractivity contribution in [3.05, 3.63) is 18.2 Å². The molecule has 90 valence electrons. The Kier molecular flexibility index (Phi) is 3.12. The predicted octanol–water partition coefficient (Wildman–Crippen LogP) is 0.202. The summed E-state index contributed by atoms with van der Waals surface area (Å²) in [6, 6.07) is 5.40. The lowest BCUT2D eigenvalue weighted by atomic mass is 10.2. The van der Waals surface area contributed by atoms with Gasteiger partial charge in [-0.3, -0.25) is 4.79 Å². The molecule has 0 saturated heterocycles. The molecule has 6 nitrogen and oxygen atoms in total. The molecule has 17 heavy (non-hydrogen) atoms. The van der Waals surface area contributed by atoms with E-state index in [1.54, 1.807) is 19.2 Å². The number of carbonyl (C=O) groups excluding carboxylic acids is 1. The number of ether oxygens (including phenoxy) is 1. The molecule has 1 aromatic rings. The number of hydrazine groups is 1. The SMILES string of the molecule is CN1C(=O)COc2cccc(NC(=S)NN)c21. The van der Waals surface area contributed by atoms with Crippen LogP contribution in [0.5, 0.6) is 5.75 Å². The van der Waals surface area contributed by atoms with E-state index in [-0.39, 0.29) is 17.6 Å². The first-order valence-corrected chi connectivity index (χ1v) is 5.34. The molecule has 1 amide bonds. The van der Waals surface area contributed by atoms with Gasteiger partial charge in [0.1, 0.15) is 11.4 Å². The van der Waals surface area contributed by atoms with Crippen molar-refractivity contribution in [2.24, 2.45) is 5.84 Å². The Morgan fingerprint density at radius 1 is 1.59 bits per heavy atom. The van der Waals surface area contributed by atoms with Gasteiger partial charge in [-0.2, -0.15) is 0 Å². The maximum Gasteiger partial charge on any atom is 0.264 e. The van der Waals surface area contributed by atoms with Crippen molar-refractivity contribution in [1.82, 2.24) is 5.43 Å². The number of amides is 1. The van der Waals surface area contributed by atoms with Gasteiger partial charge in [0.15, 0.2) is 11.7 Å². The maximum atomic E-state index is 11.6. The Balaban J connectivity index is 2.41. The number of para-hydroxylation sites is 1. The summed E-state index contributed by atoms with van der Waals surface area (Å²) >= 11 is 4.92. The highest BCUT2D eigenvalue weighted by molar-refractivity contribution is 7.80. The van der Waals surface area contributed by atoms with E-state index in [2.05, 4.69) is 10.7 Å². The highest BCUT2D eigenvalue weighted by Gasteiger charge is 2.25. The van der Waals surface area contributed by atoms with E-state index in [0.717, 1.165) is 0 Å². The molecule has 0 radical (unpaired) electrons. The van der Waals surface area contributed by atoms with Gasteiger partial charge in [-0.25, -0.2) is 5.84 Å². The number of hydrogen-bond donors (Lipinski definition) is 3. The molecule has 0 aliphatic carbocycles. The number of benzene rings is 1. The summed E-state index contributed by atoms with van der Waals surface area (Å²) in [5, 5.41) is 3.16. The number of likely N-dealkylation sites (N-methyl/N-ethyl adjacent to an activating group) is 1. The Morgan fingerprint density at radius 2 is 2.35 bits per heavy atom. The molecule has 0 aromatic heterocycles. The Hall–Kier alpha value is -1.86. The number of nitrogens with two attached hydrogens (primary N) is 1. The third-order valence-corrected chi connectivity index (χ3v) is 2.66. The molecular weight excluding hydrogens is 240 g/mol. The third kappa shape index (κ3) is 2.15. The van der Waals surface area contributed by atoms with Crippen LogP contribution < -0.4 is 26.2 Å². The predicted molar refractivity (Wildman–Crippen MR) is 68.9 cm³/mol. The average Bonchev–Trinajstić information content (AvgIpc) is 2.34. The van der Waals surface area contributed by atoms with Crippen molar-refractivity contribution in [2.75, 3.05) is 23.9 Å². The minimum absolute atomic E-state index is 0.0482. The van der Waals surface area contributed by atoms with Crippen LogP contribution in [0.25, 0.3) is 0 Å². The van der Waals surface area contributed by atoms with Crippen LogP contribution in [0.15, 0.2) is 18.2 Å². The Bertz CT molecular complexity index is 477. The molecule has 0 atom stereocenters. The van der Waals surface area contributed by atoms with E-state index < -0.39 is 0 Å². The molecule has 0 unspecified atom stereocenters. The second kappa shape index (κ2) is 4.56. The van der Waals surface area contributed by atoms with Gasteiger partial charge < -0.3 is 20.4 Å². The quantitative estimate of drug-likeness (QED) is 0.376. The monoisotopic (exact) mass is 252 g/mol. The summed E-state index contributed by atoms with van der Waals surface area (Å²) in [4.78, 5) is 13.1. The van der Waals surface area contributed by atoms with Gasteiger partial charge in [-0.05, 0) is 24.4 Å². The van der Waals surface area contributed by atoms with Crippen molar-refractivity contribution in [2.45, 2.75) is 0 Å². The molecule has 1 aliphatic heterocycles. The van der Waals surface area contributed by atoms with Crippen LogP contribution in [0.4, 0.5) is 11.4 Å². The summed E-state index contributed by atoms with van der Waals surface area (Å²) in [6.07, 6.45) is 0. The standard InChI is InChI=1S/C10H12N4O2S/c1-14-8(15)5-16-7-4-2-3-6(9(7)14)12-10(17)13-11/h2-4H,5,11H2,1H3,(H2,12,13,17). The van der Waals surface area contributed by atoms with Gasteiger partial charge in [0, 0.05) is 7.05 Å². The smallest absolute Gasteiger partial charge is 0.264 e. The molecule has 0 bridgehead atoms. The van der Waals surface area contributed by atoms with Crippen LogP contribution in [0.2, 0.25) is 0 Å². The van der Waals surface area contributed by atoms with Crippen molar-refractivity contribution < 1.29 is 9.53 Å². The molecule has 1 heterocycles. The number of hydrogen-bond acceptors (Lipinski definition) is 4. The lowest BCUT2D eigenvalue weighted by Crippen LogP contribution is -2.38. The van der Waals surface area contributed by atoms with E-state index >= 15 is 0 Å². The highest BCUT2D eigenvalue weighted by Crippen LogP contribution is 2.37. The minimum Gasteiger partial charge on any atom is -0.481 e. The summed E-state index contributed by atoms with van der Waals surface area (Å²) in [5.41, 5.74) is 3.64. The van der Waals surface area contributed by atoms with E-state index in [1.165, 1.54) is 4.90 Å². The third-order valence-electron chi connectivity index (χ3n) is 2.44. The van der Waals surface area contributed by atoms with Crippen LogP contribution in [-0.2, 0) is 4.79 Å². The highest BCUT2D eigenvalue weighted by atomic mass is 32.1. The molecule has 0 saturated carbocycles. The molecule has 4 N–H and O–H groups in total. The molecule has 0 spiro atoms. The van der Waals surface area contributed by atoms with Gasteiger partial charge in [0.05, 0.1) is 5.69 Å². The van der Waals surface area contributed by atoms with E-state index in [4.69, 9.17) is 22.8 Å². The van der Waals surface area contributed by atoms with E-state index in [9.17, 15) is 4.79 Å². The zero-order valence-corrected chi connectivity index (χ0v) is 10.0. The fourth-order valence-corrected chi connectivity index (χ4v) is 1.72. The minimum atomic E-state index is -0.113. The number of fused-ring (bicyclic) bond motifs is 1.